The van der Waals surface area contributed by atoms with Gasteiger partial charge in [-0.25, -0.2) is 0 Å². The largest absolute Gasteiger partial charge is 1.00 e. The smallest absolute Gasteiger partial charge is 0.550 e. The van der Waals surface area contributed by atoms with E-state index in [1.807, 2.05) is 0 Å². The molecule has 0 aromatic heterocycles. The van der Waals surface area contributed by atoms with Crippen molar-refractivity contribution in [1.29, 1.82) is 0 Å². The second-order valence-electron chi connectivity index (χ2n) is 9.65. The van der Waals surface area contributed by atoms with Gasteiger partial charge in [-0.05, 0) is 38.5 Å². The maximum Gasteiger partial charge on any atom is 1.00 e. The number of hydrogen-bond acceptors (Lipinski definition) is 5. The van der Waals surface area contributed by atoms with Crippen LogP contribution < -0.4 is 24.0 Å². The fraction of sp³-hybridized carbons (Fsp3) is 0.893. The molecule has 0 spiro atoms. The monoisotopic (exact) mass is 508 g/mol. The van der Waals surface area contributed by atoms with Gasteiger partial charge in [0.25, 0.3) is 0 Å². The van der Waals surface area contributed by atoms with Gasteiger partial charge < -0.3 is 25.2 Å². The molecule has 0 saturated heterocycles. The van der Waals surface area contributed by atoms with Crippen LogP contribution in [-0.4, -0.2) is 39.3 Å². The first-order chi connectivity index (χ1) is 16.8. The Morgan fingerprint density at radius 3 is 1.19 bits per heavy atom. The molecule has 0 saturated carbocycles. The molecule has 0 bridgehead atoms. The zero-order chi connectivity index (χ0) is 26.6. The molecule has 0 aromatic rings. The summed E-state index contributed by atoms with van der Waals surface area (Å²) in [5.74, 6) is -2.41. The average Bonchev–Trinajstić information content (AvgIpc) is 2.79. The van der Waals surface area contributed by atoms with Crippen molar-refractivity contribution in [3.05, 3.63) is 0 Å². The summed E-state index contributed by atoms with van der Waals surface area (Å²) < 4.78 is 0. The van der Waals surface area contributed by atoms with E-state index < -0.39 is 17.9 Å². The molecule has 0 aliphatic carbocycles. The van der Waals surface area contributed by atoms with Crippen LogP contribution >= 0.6 is 0 Å². The van der Waals surface area contributed by atoms with Crippen LogP contribution in [0, 0.1) is 0 Å². The number of carbonyl (C=O) groups excluding carboxylic acids is 1. The van der Waals surface area contributed by atoms with Crippen LogP contribution in [0.5, 0.6) is 0 Å². The molecular weight excluding hydrogens is 455 g/mol. The molecule has 0 aromatic carbocycles. The van der Waals surface area contributed by atoms with Gasteiger partial charge >= 0.3 is 30.8 Å². The standard InChI is InChI=1S/C18H36O3.C10H18O4.Li/c1-2-3-4-11-14-17(19)15-12-9-7-5-6-8-10-13-16-18(20)21;11-9(12)7-5-3-1-2-4-6-8-10(13)14;/h17,19H,2-16H2,1H3,(H,20,21);1-8H2,(H,11,12)(H,13,14);/q;;+1/p-1. The molecule has 0 amide bonds. The number of carbonyl (C=O) groups is 3. The Morgan fingerprint density at radius 1 is 0.556 bits per heavy atom. The minimum atomic E-state index is -0.928. The van der Waals surface area contributed by atoms with Crippen molar-refractivity contribution in [1.82, 2.24) is 0 Å². The van der Waals surface area contributed by atoms with Gasteiger partial charge in [0.05, 0.1) is 6.10 Å². The number of carboxylic acids is 3. The van der Waals surface area contributed by atoms with E-state index in [2.05, 4.69) is 6.92 Å². The van der Waals surface area contributed by atoms with Crippen molar-refractivity contribution in [2.45, 2.75) is 161 Å². The second kappa shape index (κ2) is 32.0. The maximum atomic E-state index is 10.2. The van der Waals surface area contributed by atoms with Gasteiger partial charge in [-0.15, -0.1) is 0 Å². The van der Waals surface area contributed by atoms with Crippen LogP contribution in [0.15, 0.2) is 0 Å². The molecule has 7 nitrogen and oxygen atoms in total. The van der Waals surface area contributed by atoms with Crippen LogP contribution in [0.3, 0.4) is 0 Å². The molecule has 208 valence electrons. The molecule has 3 N–H and O–H groups in total. The fourth-order valence-corrected chi connectivity index (χ4v) is 3.92. The number of carboxylic acid groups (broad SMARTS) is 3. The van der Waals surface area contributed by atoms with E-state index >= 15 is 0 Å². The molecule has 0 aliphatic rings. The minimum absolute atomic E-state index is 0. The van der Waals surface area contributed by atoms with Gasteiger partial charge in [0, 0.05) is 18.8 Å². The Hall–Kier alpha value is -1.03. The molecule has 1 unspecified atom stereocenters. The van der Waals surface area contributed by atoms with E-state index in [1.165, 1.54) is 51.4 Å². The quantitative estimate of drug-likeness (QED) is 0.127. The molecule has 0 rings (SSSR count). The van der Waals surface area contributed by atoms with E-state index in [0.717, 1.165) is 77.0 Å². The molecule has 8 heteroatoms. The summed E-state index contributed by atoms with van der Waals surface area (Å²) >= 11 is 0. The normalized spacial score (nSPS) is 11.2. The zero-order valence-electron chi connectivity index (χ0n) is 23.3. The van der Waals surface area contributed by atoms with Crippen molar-refractivity contribution >= 4 is 17.9 Å². The van der Waals surface area contributed by atoms with E-state index in [1.54, 1.807) is 0 Å². The number of hydrogen-bond donors (Lipinski definition) is 3. The summed E-state index contributed by atoms with van der Waals surface area (Å²) in [7, 11) is 0. The molecule has 0 heterocycles. The third-order valence-corrected chi connectivity index (χ3v) is 6.09. The predicted octanol–water partition coefficient (Wildman–Crippen LogP) is 3.25. The Bertz CT molecular complexity index is 480. The predicted molar refractivity (Wildman–Crippen MR) is 138 cm³/mol. The summed E-state index contributed by atoms with van der Waals surface area (Å²) in [5, 5.41) is 36.8. The van der Waals surface area contributed by atoms with E-state index in [4.69, 9.17) is 10.2 Å². The van der Waals surface area contributed by atoms with Gasteiger partial charge in [-0.3, -0.25) is 9.59 Å². The summed E-state index contributed by atoms with van der Waals surface area (Å²) in [6.45, 7) is 2.21. The summed E-state index contributed by atoms with van der Waals surface area (Å²) in [6, 6.07) is 0. The molecule has 0 aliphatic heterocycles. The number of unbranched alkanes of at least 4 members (excludes halogenated alkanes) is 15. The number of rotatable bonds is 25. The van der Waals surface area contributed by atoms with Crippen molar-refractivity contribution in [3.63, 3.8) is 0 Å². The third-order valence-electron chi connectivity index (χ3n) is 6.09. The number of aliphatic hydroxyl groups excluding tert-OH is 1. The Morgan fingerprint density at radius 2 is 0.861 bits per heavy atom. The van der Waals surface area contributed by atoms with E-state index in [0.29, 0.717) is 0 Å². The zero-order valence-corrected chi connectivity index (χ0v) is 23.3. The summed E-state index contributed by atoms with van der Waals surface area (Å²) in [5.41, 5.74) is 0. The Kier molecular flexibility index (Phi) is 35.1. The molecule has 0 radical (unpaired) electrons. The van der Waals surface area contributed by atoms with Crippen LogP contribution in [0.1, 0.15) is 155 Å². The topological polar surface area (TPSA) is 135 Å². The first kappa shape index (κ1) is 39.5. The first-order valence-electron chi connectivity index (χ1n) is 14.1. The number of aliphatic hydroxyl groups is 1. The SMILES string of the molecule is CCCCCCC(O)CCCCCCCCCCC(=O)[O-].O=C(O)CCCCCCCCC(=O)O.[Li+]. The Balaban J connectivity index is -0.000000635. The minimum Gasteiger partial charge on any atom is -0.550 e. The van der Waals surface area contributed by atoms with Gasteiger partial charge in [0.15, 0.2) is 0 Å². The van der Waals surface area contributed by atoms with Gasteiger partial charge in [0.1, 0.15) is 0 Å². The first-order valence-corrected chi connectivity index (χ1v) is 14.1. The number of aliphatic carboxylic acids is 3. The summed E-state index contributed by atoms with van der Waals surface area (Å²) in [6.07, 6.45) is 21.7. The second-order valence-corrected chi connectivity index (χ2v) is 9.65. The van der Waals surface area contributed by atoms with Gasteiger partial charge in [0.2, 0.25) is 0 Å². The van der Waals surface area contributed by atoms with Crippen LogP contribution in [-0.2, 0) is 14.4 Å². The van der Waals surface area contributed by atoms with Gasteiger partial charge in [-0.1, -0.05) is 103 Å². The molecule has 1 atom stereocenters. The molecule has 36 heavy (non-hydrogen) atoms. The average molecular weight is 509 g/mol. The van der Waals surface area contributed by atoms with Crippen molar-refractivity contribution in [2.24, 2.45) is 0 Å². The fourth-order valence-electron chi connectivity index (χ4n) is 3.92. The van der Waals surface area contributed by atoms with E-state index in [9.17, 15) is 24.6 Å². The third kappa shape index (κ3) is 40.1. The molecule has 0 fully saturated rings. The van der Waals surface area contributed by atoms with Gasteiger partial charge in [-0.2, -0.15) is 0 Å². The van der Waals surface area contributed by atoms with Crippen molar-refractivity contribution < 1.29 is 53.7 Å². The van der Waals surface area contributed by atoms with Crippen LogP contribution in [0.2, 0.25) is 0 Å². The van der Waals surface area contributed by atoms with Crippen molar-refractivity contribution in [3.8, 4) is 0 Å². The van der Waals surface area contributed by atoms with Crippen molar-refractivity contribution in [2.75, 3.05) is 0 Å². The van der Waals surface area contributed by atoms with E-state index in [-0.39, 0.29) is 44.2 Å². The maximum absolute atomic E-state index is 10.2. The van der Waals surface area contributed by atoms with Crippen LogP contribution in [0.25, 0.3) is 0 Å². The molecular formula is C28H53LiO7. The summed E-state index contributed by atoms with van der Waals surface area (Å²) in [4.78, 5) is 30.5. The van der Waals surface area contributed by atoms with Crippen LogP contribution in [0.4, 0.5) is 0 Å². The Labute approximate surface area is 232 Å².